The Labute approximate surface area is 102 Å². The maximum absolute atomic E-state index is 12.0. The molecule has 17 heavy (non-hydrogen) atoms. The van der Waals surface area contributed by atoms with Gasteiger partial charge in [-0.25, -0.2) is 4.79 Å². The topological polar surface area (TPSA) is 91.4 Å². The van der Waals surface area contributed by atoms with Crippen molar-refractivity contribution in [3.8, 4) is 0 Å². The summed E-state index contributed by atoms with van der Waals surface area (Å²) in [4.78, 5) is 13.7. The number of nitrogens with zero attached hydrogens (tertiary/aromatic N) is 1. The average Bonchev–Trinajstić information content (AvgIpc) is 2.69. The monoisotopic (exact) mass is 242 g/mol. The Morgan fingerprint density at radius 2 is 2.35 bits per heavy atom. The van der Waals surface area contributed by atoms with E-state index >= 15 is 0 Å². The van der Waals surface area contributed by atoms with E-state index in [2.05, 4.69) is 5.32 Å². The molecular weight excluding hydrogens is 220 g/mol. The summed E-state index contributed by atoms with van der Waals surface area (Å²) < 4.78 is 5.21. The molecule has 0 aromatic carbocycles. The van der Waals surface area contributed by atoms with Crippen molar-refractivity contribution in [2.75, 3.05) is 19.8 Å². The van der Waals surface area contributed by atoms with Gasteiger partial charge in [0.2, 0.25) is 0 Å². The molecule has 1 aliphatic rings. The molecule has 1 saturated heterocycles. The molecule has 6 nitrogen and oxygen atoms in total. The standard InChI is InChI=1S/C11H22N4O2/c1-8(2)15(5-3-10(12)13)11(16)14-9-4-6-17-7-9/h8-9H,3-7H2,1-2H3,(H3,12,13)(H,14,16). The summed E-state index contributed by atoms with van der Waals surface area (Å²) in [5.41, 5.74) is 5.31. The molecule has 1 atom stereocenters. The lowest BCUT2D eigenvalue weighted by Gasteiger charge is -2.28. The van der Waals surface area contributed by atoms with Crippen LogP contribution in [0.4, 0.5) is 4.79 Å². The van der Waals surface area contributed by atoms with Crippen molar-refractivity contribution in [1.29, 1.82) is 5.41 Å². The Balaban J connectivity index is 2.44. The van der Waals surface area contributed by atoms with Gasteiger partial charge < -0.3 is 20.7 Å². The number of rotatable bonds is 5. The second-order valence-corrected chi connectivity index (χ2v) is 4.57. The number of carbonyl (C=O) groups excluding carboxylic acids is 1. The molecule has 1 rings (SSSR count). The van der Waals surface area contributed by atoms with E-state index in [0.29, 0.717) is 26.2 Å². The minimum Gasteiger partial charge on any atom is -0.388 e. The van der Waals surface area contributed by atoms with E-state index in [4.69, 9.17) is 15.9 Å². The van der Waals surface area contributed by atoms with Crippen molar-refractivity contribution >= 4 is 11.9 Å². The van der Waals surface area contributed by atoms with Crippen LogP contribution in [0.25, 0.3) is 0 Å². The predicted octanol–water partition coefficient (Wildman–Crippen LogP) is 0.521. The number of hydrogen-bond acceptors (Lipinski definition) is 3. The minimum absolute atomic E-state index is 0.0941. The molecule has 0 radical (unpaired) electrons. The molecule has 0 saturated carbocycles. The smallest absolute Gasteiger partial charge is 0.317 e. The fourth-order valence-corrected chi connectivity index (χ4v) is 1.74. The summed E-state index contributed by atoms with van der Waals surface area (Å²) in [6.45, 7) is 5.67. The summed E-state index contributed by atoms with van der Waals surface area (Å²) in [7, 11) is 0. The first-order valence-corrected chi connectivity index (χ1v) is 5.98. The molecule has 0 aromatic heterocycles. The van der Waals surface area contributed by atoms with Crippen LogP contribution in [0.15, 0.2) is 0 Å². The second-order valence-electron chi connectivity index (χ2n) is 4.57. The van der Waals surface area contributed by atoms with Crippen molar-refractivity contribution < 1.29 is 9.53 Å². The van der Waals surface area contributed by atoms with E-state index in [1.54, 1.807) is 4.90 Å². The van der Waals surface area contributed by atoms with Crippen LogP contribution < -0.4 is 11.1 Å². The highest BCUT2D eigenvalue weighted by molar-refractivity contribution is 5.79. The predicted molar refractivity (Wildman–Crippen MR) is 66.1 cm³/mol. The summed E-state index contributed by atoms with van der Waals surface area (Å²) >= 11 is 0. The molecule has 4 N–H and O–H groups in total. The van der Waals surface area contributed by atoms with Crippen LogP contribution in [-0.2, 0) is 4.74 Å². The fraction of sp³-hybridized carbons (Fsp3) is 0.818. The Morgan fingerprint density at radius 3 is 2.82 bits per heavy atom. The highest BCUT2D eigenvalue weighted by atomic mass is 16.5. The number of amidine groups is 1. The largest absolute Gasteiger partial charge is 0.388 e. The van der Waals surface area contributed by atoms with Crippen LogP contribution in [0.3, 0.4) is 0 Å². The van der Waals surface area contributed by atoms with E-state index in [1.807, 2.05) is 13.8 Å². The van der Waals surface area contributed by atoms with Gasteiger partial charge in [0.05, 0.1) is 18.5 Å². The highest BCUT2D eigenvalue weighted by Gasteiger charge is 2.22. The van der Waals surface area contributed by atoms with Gasteiger partial charge >= 0.3 is 6.03 Å². The maximum atomic E-state index is 12.0. The highest BCUT2D eigenvalue weighted by Crippen LogP contribution is 2.06. The van der Waals surface area contributed by atoms with Crippen LogP contribution in [0.5, 0.6) is 0 Å². The van der Waals surface area contributed by atoms with Gasteiger partial charge in [-0.05, 0) is 20.3 Å². The number of nitrogens with two attached hydrogens (primary N) is 1. The Bertz CT molecular complexity index is 275. The van der Waals surface area contributed by atoms with Gasteiger partial charge in [-0.2, -0.15) is 0 Å². The quantitative estimate of drug-likeness (QED) is 0.485. The number of ether oxygens (including phenoxy) is 1. The van der Waals surface area contributed by atoms with Crippen molar-refractivity contribution in [2.24, 2.45) is 5.73 Å². The van der Waals surface area contributed by atoms with Gasteiger partial charge in [-0.15, -0.1) is 0 Å². The van der Waals surface area contributed by atoms with Crippen LogP contribution in [0, 0.1) is 5.41 Å². The van der Waals surface area contributed by atoms with Crippen LogP contribution in [0.1, 0.15) is 26.7 Å². The number of urea groups is 1. The van der Waals surface area contributed by atoms with E-state index < -0.39 is 0 Å². The molecule has 0 aromatic rings. The summed E-state index contributed by atoms with van der Waals surface area (Å²) in [5.74, 6) is 0.104. The summed E-state index contributed by atoms with van der Waals surface area (Å²) in [6.07, 6.45) is 1.27. The Hall–Kier alpha value is -1.30. The third-order valence-corrected chi connectivity index (χ3v) is 2.76. The molecule has 1 heterocycles. The molecule has 6 heteroatoms. The van der Waals surface area contributed by atoms with Gasteiger partial charge in [0.25, 0.3) is 0 Å². The molecule has 0 aliphatic carbocycles. The van der Waals surface area contributed by atoms with E-state index in [9.17, 15) is 4.79 Å². The molecule has 0 spiro atoms. The number of carbonyl (C=O) groups is 1. The molecule has 1 unspecified atom stereocenters. The number of amides is 2. The van der Waals surface area contributed by atoms with E-state index in [1.165, 1.54) is 0 Å². The van der Waals surface area contributed by atoms with Gasteiger partial charge in [0, 0.05) is 25.6 Å². The van der Waals surface area contributed by atoms with Crippen molar-refractivity contribution in [1.82, 2.24) is 10.2 Å². The van der Waals surface area contributed by atoms with Crippen LogP contribution in [0.2, 0.25) is 0 Å². The molecule has 1 fully saturated rings. The molecular formula is C11H22N4O2. The SMILES string of the molecule is CC(C)N(CCC(=N)N)C(=O)NC1CCOC1. The first-order chi connectivity index (χ1) is 8.00. The van der Waals surface area contributed by atoms with Gasteiger partial charge in [0.1, 0.15) is 0 Å². The first kappa shape index (κ1) is 13.8. The lowest BCUT2D eigenvalue weighted by molar-refractivity contribution is 0.170. The first-order valence-electron chi connectivity index (χ1n) is 5.98. The van der Waals surface area contributed by atoms with Crippen molar-refractivity contribution in [2.45, 2.75) is 38.8 Å². The Morgan fingerprint density at radius 1 is 1.65 bits per heavy atom. The van der Waals surface area contributed by atoms with E-state index in [0.717, 1.165) is 6.42 Å². The van der Waals surface area contributed by atoms with Crippen LogP contribution >= 0.6 is 0 Å². The van der Waals surface area contributed by atoms with Crippen molar-refractivity contribution in [3.63, 3.8) is 0 Å². The van der Waals surface area contributed by atoms with Gasteiger partial charge in [0.15, 0.2) is 0 Å². The van der Waals surface area contributed by atoms with Gasteiger partial charge in [-0.1, -0.05) is 0 Å². The lowest BCUT2D eigenvalue weighted by Crippen LogP contribution is -2.48. The second kappa shape index (κ2) is 6.44. The zero-order chi connectivity index (χ0) is 12.8. The number of hydrogen-bond donors (Lipinski definition) is 3. The summed E-state index contributed by atoms with van der Waals surface area (Å²) in [5, 5.41) is 10.1. The zero-order valence-corrected chi connectivity index (χ0v) is 10.5. The zero-order valence-electron chi connectivity index (χ0n) is 10.5. The molecule has 1 aliphatic heterocycles. The van der Waals surface area contributed by atoms with Crippen LogP contribution in [-0.4, -0.2) is 48.6 Å². The molecule has 98 valence electrons. The van der Waals surface area contributed by atoms with E-state index in [-0.39, 0.29) is 24.0 Å². The molecule has 2 amide bonds. The average molecular weight is 242 g/mol. The minimum atomic E-state index is -0.100. The summed E-state index contributed by atoms with van der Waals surface area (Å²) in [6, 6.07) is 0.106. The molecule has 0 bridgehead atoms. The van der Waals surface area contributed by atoms with Crippen molar-refractivity contribution in [3.05, 3.63) is 0 Å². The Kier molecular flexibility index (Phi) is 5.21. The third-order valence-electron chi connectivity index (χ3n) is 2.76. The number of nitrogens with one attached hydrogen (secondary N) is 2. The normalized spacial score (nSPS) is 19.4. The van der Waals surface area contributed by atoms with Gasteiger partial charge in [-0.3, -0.25) is 5.41 Å². The lowest BCUT2D eigenvalue weighted by atomic mass is 10.2. The fourth-order valence-electron chi connectivity index (χ4n) is 1.74. The maximum Gasteiger partial charge on any atom is 0.317 e. The third kappa shape index (κ3) is 4.60.